The molecule has 0 bridgehead atoms. The van der Waals surface area contributed by atoms with Gasteiger partial charge in [0.2, 0.25) is 10.0 Å². The molecule has 2 aromatic carbocycles. The second kappa shape index (κ2) is 10.2. The van der Waals surface area contributed by atoms with E-state index in [1.165, 1.54) is 10.4 Å². The average molecular weight is 462 g/mol. The third-order valence-corrected chi connectivity index (χ3v) is 6.75. The third kappa shape index (κ3) is 6.05. The number of amidine groups is 1. The van der Waals surface area contributed by atoms with E-state index in [9.17, 15) is 13.2 Å². The van der Waals surface area contributed by atoms with Crippen molar-refractivity contribution in [1.82, 2.24) is 9.21 Å². The van der Waals surface area contributed by atoms with Gasteiger partial charge in [0.1, 0.15) is 5.84 Å². The topological polar surface area (TPSA) is 171 Å². The Balaban J connectivity index is 0.000000837. The van der Waals surface area contributed by atoms with Gasteiger partial charge in [0, 0.05) is 49.9 Å². The number of nitrogen functional groups attached to an aromatic ring is 2. The SMILES string of the molecule is CC(=O)O.Cc1ccc(S(=O)(=O)N2CCN(C(=O)c3ccc(C(=N)N)cc3)CC2)cc1N. The molecule has 3 rings (SSSR count). The summed E-state index contributed by atoms with van der Waals surface area (Å²) in [6, 6.07) is 11.2. The molecule has 0 unspecified atom stereocenters. The molecule has 32 heavy (non-hydrogen) atoms. The molecule has 1 saturated heterocycles. The summed E-state index contributed by atoms with van der Waals surface area (Å²) < 4.78 is 27.0. The molecule has 0 radical (unpaired) electrons. The number of carbonyl (C=O) groups excluding carboxylic acids is 1. The van der Waals surface area contributed by atoms with Crippen LogP contribution in [-0.2, 0) is 14.8 Å². The van der Waals surface area contributed by atoms with Crippen molar-refractivity contribution in [1.29, 1.82) is 5.41 Å². The zero-order chi connectivity index (χ0) is 24.1. The maximum Gasteiger partial charge on any atom is 0.300 e. The maximum atomic E-state index is 12.8. The molecule has 2 aromatic rings. The number of nitrogens with one attached hydrogen (secondary N) is 1. The first-order valence-corrected chi connectivity index (χ1v) is 11.2. The quantitative estimate of drug-likeness (QED) is 0.300. The second-order valence-corrected chi connectivity index (χ2v) is 9.16. The number of nitrogens with zero attached hydrogens (tertiary/aromatic N) is 2. The van der Waals surface area contributed by atoms with Crippen LogP contribution in [0.15, 0.2) is 47.4 Å². The highest BCUT2D eigenvalue weighted by Gasteiger charge is 2.30. The highest BCUT2D eigenvalue weighted by molar-refractivity contribution is 7.89. The van der Waals surface area contributed by atoms with Gasteiger partial charge < -0.3 is 21.5 Å². The first-order valence-electron chi connectivity index (χ1n) is 9.73. The lowest BCUT2D eigenvalue weighted by molar-refractivity contribution is -0.134. The van der Waals surface area contributed by atoms with Gasteiger partial charge >= 0.3 is 0 Å². The molecule has 11 heteroatoms. The lowest BCUT2D eigenvalue weighted by Gasteiger charge is -2.34. The Morgan fingerprint density at radius 3 is 1.97 bits per heavy atom. The Morgan fingerprint density at radius 1 is 1.00 bits per heavy atom. The fraction of sp³-hybridized carbons (Fsp3) is 0.286. The number of aryl methyl sites for hydroxylation is 1. The summed E-state index contributed by atoms with van der Waals surface area (Å²) in [5.41, 5.74) is 13.6. The Kier molecular flexibility index (Phi) is 7.95. The molecule has 0 atom stereocenters. The normalized spacial score (nSPS) is 14.2. The molecule has 10 nitrogen and oxygen atoms in total. The highest BCUT2D eigenvalue weighted by atomic mass is 32.2. The van der Waals surface area contributed by atoms with E-state index in [-0.39, 0.29) is 29.7 Å². The van der Waals surface area contributed by atoms with E-state index in [1.54, 1.807) is 41.3 Å². The van der Waals surface area contributed by atoms with Crippen molar-refractivity contribution in [2.75, 3.05) is 31.9 Å². The number of carboxylic acid groups (broad SMARTS) is 1. The number of sulfonamides is 1. The van der Waals surface area contributed by atoms with Crippen molar-refractivity contribution >= 4 is 33.4 Å². The molecular formula is C21H27N5O5S. The number of nitrogens with two attached hydrogens (primary N) is 2. The molecule has 1 fully saturated rings. The lowest BCUT2D eigenvalue weighted by Crippen LogP contribution is -2.50. The summed E-state index contributed by atoms with van der Waals surface area (Å²) in [4.78, 5) is 23.4. The van der Waals surface area contributed by atoms with Crippen LogP contribution in [0.1, 0.15) is 28.4 Å². The minimum atomic E-state index is -3.65. The number of anilines is 1. The van der Waals surface area contributed by atoms with Crippen molar-refractivity contribution in [3.05, 3.63) is 59.2 Å². The van der Waals surface area contributed by atoms with Crippen LogP contribution in [0.3, 0.4) is 0 Å². The number of rotatable bonds is 4. The molecule has 172 valence electrons. The van der Waals surface area contributed by atoms with Gasteiger partial charge in [-0.3, -0.25) is 15.0 Å². The molecular weight excluding hydrogens is 434 g/mol. The van der Waals surface area contributed by atoms with E-state index in [2.05, 4.69) is 0 Å². The van der Waals surface area contributed by atoms with E-state index < -0.39 is 16.0 Å². The third-order valence-electron chi connectivity index (χ3n) is 4.86. The van der Waals surface area contributed by atoms with Crippen LogP contribution < -0.4 is 11.5 Å². The standard InChI is InChI=1S/C19H23N5O3S.C2H4O2/c1-13-2-7-16(12-17(13)20)28(26,27)24-10-8-23(9-11-24)19(25)15-5-3-14(4-6-15)18(21)22;1-2(3)4/h2-7,12H,8-11,20H2,1H3,(H3,21,22);1H3,(H,3,4). The van der Waals surface area contributed by atoms with Gasteiger partial charge in [-0.25, -0.2) is 8.42 Å². The first-order chi connectivity index (χ1) is 14.9. The molecule has 0 aliphatic carbocycles. The van der Waals surface area contributed by atoms with Gasteiger partial charge in [-0.2, -0.15) is 4.31 Å². The van der Waals surface area contributed by atoms with Crippen LogP contribution in [0, 0.1) is 12.3 Å². The van der Waals surface area contributed by atoms with Crippen LogP contribution in [0.4, 0.5) is 5.69 Å². The Bertz CT molecular complexity index is 1100. The minimum Gasteiger partial charge on any atom is -0.481 e. The molecule has 6 N–H and O–H groups in total. The second-order valence-electron chi connectivity index (χ2n) is 7.22. The molecule has 1 amide bonds. The zero-order valence-corrected chi connectivity index (χ0v) is 18.7. The highest BCUT2D eigenvalue weighted by Crippen LogP contribution is 2.22. The Labute approximate surface area is 187 Å². The predicted octanol–water partition coefficient (Wildman–Crippen LogP) is 1.10. The Hall–Kier alpha value is -3.44. The maximum absolute atomic E-state index is 12.8. The lowest BCUT2D eigenvalue weighted by atomic mass is 10.1. The summed E-state index contributed by atoms with van der Waals surface area (Å²) in [5.74, 6) is -1.07. The van der Waals surface area contributed by atoms with Crippen molar-refractivity contribution in [3.8, 4) is 0 Å². The largest absolute Gasteiger partial charge is 0.481 e. The minimum absolute atomic E-state index is 0.0606. The number of piperazine rings is 1. The first kappa shape index (κ1) is 24.8. The van der Waals surface area contributed by atoms with Crippen LogP contribution >= 0.6 is 0 Å². The summed E-state index contributed by atoms with van der Waals surface area (Å²) in [6.45, 7) is 3.93. The molecule has 0 saturated carbocycles. The molecule has 0 aromatic heterocycles. The van der Waals surface area contributed by atoms with Gasteiger partial charge in [0.05, 0.1) is 4.90 Å². The number of benzene rings is 2. The van der Waals surface area contributed by atoms with Crippen LogP contribution in [-0.4, -0.2) is 66.6 Å². The van der Waals surface area contributed by atoms with Gasteiger partial charge in [-0.05, 0) is 36.8 Å². The van der Waals surface area contributed by atoms with Gasteiger partial charge in [-0.1, -0.05) is 18.2 Å². The molecule has 0 spiro atoms. The van der Waals surface area contributed by atoms with Gasteiger partial charge in [0.25, 0.3) is 11.9 Å². The molecule has 1 heterocycles. The number of amides is 1. The zero-order valence-electron chi connectivity index (χ0n) is 17.9. The molecule has 1 aliphatic heterocycles. The molecule has 1 aliphatic rings. The van der Waals surface area contributed by atoms with Crippen LogP contribution in [0.2, 0.25) is 0 Å². The fourth-order valence-electron chi connectivity index (χ4n) is 3.03. The smallest absolute Gasteiger partial charge is 0.300 e. The van der Waals surface area contributed by atoms with Gasteiger partial charge in [0.15, 0.2) is 0 Å². The van der Waals surface area contributed by atoms with E-state index >= 15 is 0 Å². The fourth-order valence-corrected chi connectivity index (χ4v) is 4.49. The average Bonchev–Trinajstić information content (AvgIpc) is 2.75. The van der Waals surface area contributed by atoms with Crippen molar-refractivity contribution in [2.45, 2.75) is 18.7 Å². The van der Waals surface area contributed by atoms with E-state index in [0.717, 1.165) is 12.5 Å². The predicted molar refractivity (Wildman–Crippen MR) is 121 cm³/mol. The summed E-state index contributed by atoms with van der Waals surface area (Å²) in [5, 5.41) is 14.8. The Morgan fingerprint density at radius 2 is 1.50 bits per heavy atom. The van der Waals surface area contributed by atoms with Crippen molar-refractivity contribution < 1.29 is 23.1 Å². The number of aliphatic carboxylic acids is 1. The van der Waals surface area contributed by atoms with Crippen molar-refractivity contribution in [3.63, 3.8) is 0 Å². The summed E-state index contributed by atoms with van der Waals surface area (Å²) in [6.07, 6.45) is 0. The number of hydrogen-bond donors (Lipinski definition) is 4. The summed E-state index contributed by atoms with van der Waals surface area (Å²) >= 11 is 0. The monoisotopic (exact) mass is 461 g/mol. The number of carboxylic acids is 1. The van der Waals surface area contributed by atoms with Crippen LogP contribution in [0.25, 0.3) is 0 Å². The summed E-state index contributed by atoms with van der Waals surface area (Å²) in [7, 11) is -3.65. The number of hydrogen-bond acceptors (Lipinski definition) is 6. The van der Waals surface area contributed by atoms with E-state index in [1.807, 2.05) is 6.92 Å². The van der Waals surface area contributed by atoms with E-state index in [0.29, 0.717) is 29.9 Å². The van der Waals surface area contributed by atoms with Gasteiger partial charge in [-0.15, -0.1) is 0 Å². The van der Waals surface area contributed by atoms with Crippen molar-refractivity contribution in [2.24, 2.45) is 5.73 Å². The van der Waals surface area contributed by atoms with Crippen LogP contribution in [0.5, 0.6) is 0 Å². The number of carbonyl (C=O) groups is 2. The van der Waals surface area contributed by atoms with E-state index in [4.69, 9.17) is 26.8 Å².